The molecule has 3 aromatic carbocycles. The summed E-state index contributed by atoms with van der Waals surface area (Å²) in [5.41, 5.74) is 6.44. The molecule has 182 valence electrons. The molecule has 0 saturated heterocycles. The number of halogens is 1. The largest absolute Gasteiger partial charge is 0.493 e. The first-order chi connectivity index (χ1) is 16.9. The zero-order valence-corrected chi connectivity index (χ0v) is 19.4. The van der Waals surface area contributed by atoms with Gasteiger partial charge in [0.05, 0.1) is 6.61 Å². The number of hydrazine groups is 1. The number of nitrogens with one attached hydrogen (secondary N) is 3. The maximum Gasteiger partial charge on any atom is 0.269 e. The highest BCUT2D eigenvalue weighted by Gasteiger charge is 2.15. The summed E-state index contributed by atoms with van der Waals surface area (Å²) in [6, 6.07) is 22.3. The van der Waals surface area contributed by atoms with Crippen molar-refractivity contribution in [2.24, 2.45) is 5.92 Å². The Bertz CT molecular complexity index is 1140. The van der Waals surface area contributed by atoms with Crippen LogP contribution in [0, 0.1) is 11.7 Å². The Morgan fingerprint density at radius 1 is 0.857 bits per heavy atom. The van der Waals surface area contributed by atoms with E-state index >= 15 is 0 Å². The summed E-state index contributed by atoms with van der Waals surface area (Å²) in [6.07, 6.45) is 0.963. The molecule has 0 aliphatic heterocycles. The summed E-state index contributed by atoms with van der Waals surface area (Å²) in [6.45, 7) is 2.31. The van der Waals surface area contributed by atoms with Gasteiger partial charge in [0.1, 0.15) is 11.6 Å². The monoisotopic (exact) mass is 477 g/mol. The van der Waals surface area contributed by atoms with Crippen molar-refractivity contribution in [3.63, 3.8) is 0 Å². The number of ether oxygens (including phenoxy) is 1. The molecule has 35 heavy (non-hydrogen) atoms. The topological polar surface area (TPSA) is 96.5 Å². The minimum atomic E-state index is -0.629. The lowest BCUT2D eigenvalue weighted by molar-refractivity contribution is -0.123. The number of benzene rings is 3. The first-order valence-corrected chi connectivity index (χ1v) is 11.3. The molecule has 0 saturated carbocycles. The SMILES string of the molecule is C[C@H](CC(=O)NNC(=O)c1cccc(F)c1)CC(=O)Nc1ccc(OCCc2ccccc2)cc1. The summed E-state index contributed by atoms with van der Waals surface area (Å²) in [5, 5.41) is 2.80. The molecule has 3 amide bonds. The minimum Gasteiger partial charge on any atom is -0.493 e. The number of carbonyl (C=O) groups is 3. The lowest BCUT2D eigenvalue weighted by Crippen LogP contribution is -2.42. The van der Waals surface area contributed by atoms with Crippen LogP contribution >= 0.6 is 0 Å². The summed E-state index contributed by atoms with van der Waals surface area (Å²) < 4.78 is 18.9. The maximum absolute atomic E-state index is 13.2. The molecular weight excluding hydrogens is 449 g/mol. The van der Waals surface area contributed by atoms with Crippen LogP contribution in [-0.2, 0) is 16.0 Å². The molecule has 0 aliphatic carbocycles. The molecule has 0 aromatic heterocycles. The Labute approximate surface area is 203 Å². The van der Waals surface area contributed by atoms with E-state index in [-0.39, 0.29) is 30.2 Å². The predicted molar refractivity (Wildman–Crippen MR) is 131 cm³/mol. The van der Waals surface area contributed by atoms with Crippen molar-refractivity contribution >= 4 is 23.4 Å². The first-order valence-electron chi connectivity index (χ1n) is 11.3. The second-order valence-electron chi connectivity index (χ2n) is 8.18. The lowest BCUT2D eigenvalue weighted by atomic mass is 10.0. The smallest absolute Gasteiger partial charge is 0.269 e. The van der Waals surface area contributed by atoms with Gasteiger partial charge in [0, 0.05) is 30.5 Å². The third-order valence-electron chi connectivity index (χ3n) is 5.11. The Kier molecular flexibility index (Phi) is 9.36. The van der Waals surface area contributed by atoms with E-state index in [9.17, 15) is 18.8 Å². The van der Waals surface area contributed by atoms with E-state index in [1.54, 1.807) is 31.2 Å². The van der Waals surface area contributed by atoms with Gasteiger partial charge in [-0.25, -0.2) is 4.39 Å². The maximum atomic E-state index is 13.2. The number of hydrogen-bond donors (Lipinski definition) is 3. The minimum absolute atomic E-state index is 0.0328. The van der Waals surface area contributed by atoms with Gasteiger partial charge in [0.15, 0.2) is 0 Å². The van der Waals surface area contributed by atoms with Gasteiger partial charge in [-0.1, -0.05) is 43.3 Å². The van der Waals surface area contributed by atoms with E-state index in [2.05, 4.69) is 28.3 Å². The molecule has 0 heterocycles. The second-order valence-corrected chi connectivity index (χ2v) is 8.18. The van der Waals surface area contributed by atoms with Gasteiger partial charge in [-0.05, 0) is 53.9 Å². The normalized spacial score (nSPS) is 11.3. The van der Waals surface area contributed by atoms with Crippen LogP contribution in [0.5, 0.6) is 5.75 Å². The molecule has 0 fully saturated rings. The molecule has 0 aliphatic rings. The molecule has 0 spiro atoms. The fourth-order valence-electron chi connectivity index (χ4n) is 3.36. The van der Waals surface area contributed by atoms with Crippen LogP contribution in [0.1, 0.15) is 35.7 Å². The van der Waals surface area contributed by atoms with Crippen LogP contribution in [-0.4, -0.2) is 24.3 Å². The van der Waals surface area contributed by atoms with Crippen molar-refractivity contribution < 1.29 is 23.5 Å². The van der Waals surface area contributed by atoms with Crippen LogP contribution in [0.3, 0.4) is 0 Å². The van der Waals surface area contributed by atoms with Crippen LogP contribution in [0.2, 0.25) is 0 Å². The van der Waals surface area contributed by atoms with Crippen LogP contribution in [0.25, 0.3) is 0 Å². The highest BCUT2D eigenvalue weighted by atomic mass is 19.1. The Balaban J connectivity index is 1.35. The van der Waals surface area contributed by atoms with Crippen LogP contribution in [0.4, 0.5) is 10.1 Å². The molecule has 1 atom stereocenters. The summed E-state index contributed by atoms with van der Waals surface area (Å²) in [7, 11) is 0. The van der Waals surface area contributed by atoms with Crippen molar-refractivity contribution in [2.75, 3.05) is 11.9 Å². The van der Waals surface area contributed by atoms with Crippen molar-refractivity contribution in [3.05, 3.63) is 95.8 Å². The van der Waals surface area contributed by atoms with E-state index in [0.29, 0.717) is 18.0 Å². The second kappa shape index (κ2) is 12.9. The first kappa shape index (κ1) is 25.4. The standard InChI is InChI=1S/C27H28FN3O4/c1-19(17-26(33)30-31-27(34)21-8-5-9-22(28)18-21)16-25(32)29-23-10-12-24(13-11-23)35-15-14-20-6-3-2-4-7-20/h2-13,18-19H,14-17H2,1H3,(H,29,32)(H,30,33)(H,31,34)/t19-/m0/s1. The zero-order chi connectivity index (χ0) is 25.0. The highest BCUT2D eigenvalue weighted by Crippen LogP contribution is 2.17. The van der Waals surface area contributed by atoms with Gasteiger partial charge < -0.3 is 10.1 Å². The van der Waals surface area contributed by atoms with Gasteiger partial charge in [-0.15, -0.1) is 0 Å². The van der Waals surface area contributed by atoms with Gasteiger partial charge in [0.2, 0.25) is 11.8 Å². The zero-order valence-electron chi connectivity index (χ0n) is 19.4. The number of rotatable bonds is 10. The quantitative estimate of drug-likeness (QED) is 0.380. The molecule has 0 bridgehead atoms. The molecule has 8 heteroatoms. The third kappa shape index (κ3) is 8.92. The summed E-state index contributed by atoms with van der Waals surface area (Å²) in [5.74, 6) is -1.41. The molecule has 3 aromatic rings. The summed E-state index contributed by atoms with van der Waals surface area (Å²) in [4.78, 5) is 36.3. The molecule has 3 rings (SSSR count). The van der Waals surface area contributed by atoms with Gasteiger partial charge in [-0.2, -0.15) is 0 Å². The molecule has 0 radical (unpaired) electrons. The van der Waals surface area contributed by atoms with Crippen molar-refractivity contribution in [1.82, 2.24) is 10.9 Å². The molecular formula is C27H28FN3O4. The molecule has 0 unspecified atom stereocenters. The molecule has 3 N–H and O–H groups in total. The Hall–Kier alpha value is -4.20. The van der Waals surface area contributed by atoms with E-state index in [1.165, 1.54) is 23.8 Å². The third-order valence-corrected chi connectivity index (χ3v) is 5.11. The van der Waals surface area contributed by atoms with Gasteiger partial charge in [-0.3, -0.25) is 25.2 Å². The van der Waals surface area contributed by atoms with Crippen molar-refractivity contribution in [2.45, 2.75) is 26.2 Å². The van der Waals surface area contributed by atoms with Crippen molar-refractivity contribution in [1.29, 1.82) is 0 Å². The van der Waals surface area contributed by atoms with E-state index < -0.39 is 17.6 Å². The van der Waals surface area contributed by atoms with Gasteiger partial charge >= 0.3 is 0 Å². The predicted octanol–water partition coefficient (Wildman–Crippen LogP) is 4.26. The number of anilines is 1. The average Bonchev–Trinajstić information content (AvgIpc) is 2.84. The van der Waals surface area contributed by atoms with Gasteiger partial charge in [0.25, 0.3) is 5.91 Å². The Morgan fingerprint density at radius 2 is 1.57 bits per heavy atom. The lowest BCUT2D eigenvalue weighted by Gasteiger charge is -2.13. The number of amides is 3. The highest BCUT2D eigenvalue weighted by molar-refractivity contribution is 5.95. The van der Waals surface area contributed by atoms with Crippen LogP contribution < -0.4 is 20.9 Å². The Morgan fingerprint density at radius 3 is 2.29 bits per heavy atom. The summed E-state index contributed by atoms with van der Waals surface area (Å²) >= 11 is 0. The average molecular weight is 478 g/mol. The number of carbonyl (C=O) groups excluding carboxylic acids is 3. The fourth-order valence-corrected chi connectivity index (χ4v) is 3.36. The van der Waals surface area contributed by atoms with Crippen molar-refractivity contribution in [3.8, 4) is 5.75 Å². The van der Waals surface area contributed by atoms with E-state index in [4.69, 9.17) is 4.74 Å². The number of hydrogen-bond acceptors (Lipinski definition) is 4. The molecule has 7 nitrogen and oxygen atoms in total. The fraction of sp³-hybridized carbons (Fsp3) is 0.222. The van der Waals surface area contributed by atoms with Crippen LogP contribution in [0.15, 0.2) is 78.9 Å². The van der Waals surface area contributed by atoms with E-state index in [1.807, 2.05) is 18.2 Å². The van der Waals surface area contributed by atoms with E-state index in [0.717, 1.165) is 12.5 Å².